The molecule has 0 bridgehead atoms. The highest BCUT2D eigenvalue weighted by Crippen LogP contribution is 2.05. The van der Waals surface area contributed by atoms with Crippen LogP contribution in [0.3, 0.4) is 0 Å². The fourth-order valence-electron chi connectivity index (χ4n) is 0.785. The van der Waals surface area contributed by atoms with Crippen LogP contribution in [0.5, 0.6) is 0 Å². The second-order valence-electron chi connectivity index (χ2n) is 2.31. The van der Waals surface area contributed by atoms with Gasteiger partial charge in [0, 0.05) is 19.1 Å². The van der Waals surface area contributed by atoms with Gasteiger partial charge in [0.25, 0.3) is 0 Å². The average molecular weight is 171 g/mol. The molecule has 5 heteroatoms. The van der Waals surface area contributed by atoms with E-state index >= 15 is 0 Å². The molecule has 1 aromatic rings. The molecule has 0 fully saturated rings. The summed E-state index contributed by atoms with van der Waals surface area (Å²) < 4.78 is 4.69. The third-order valence-corrected chi connectivity index (χ3v) is 1.36. The Morgan fingerprint density at radius 2 is 2.42 bits per heavy atom. The van der Waals surface area contributed by atoms with Crippen LogP contribution in [0.15, 0.2) is 10.6 Å². The summed E-state index contributed by atoms with van der Waals surface area (Å²) >= 11 is 0. The molecule has 5 nitrogen and oxygen atoms in total. The number of aliphatic hydroxyl groups excluding tert-OH is 1. The molecule has 2 N–H and O–H groups in total. The quantitative estimate of drug-likeness (QED) is 0.680. The number of aromatic nitrogens is 1. The zero-order valence-electron chi connectivity index (χ0n) is 6.36. The first-order valence-electron chi connectivity index (χ1n) is 3.54. The summed E-state index contributed by atoms with van der Waals surface area (Å²) in [5, 5.41) is 20.2. The molecule has 0 radical (unpaired) electrons. The number of carboxylic acids is 1. The van der Waals surface area contributed by atoms with E-state index in [1.807, 2.05) is 0 Å². The van der Waals surface area contributed by atoms with Gasteiger partial charge in [0.2, 0.25) is 0 Å². The van der Waals surface area contributed by atoms with Crippen molar-refractivity contribution in [3.63, 3.8) is 0 Å². The van der Waals surface area contributed by atoms with Crippen LogP contribution in [-0.4, -0.2) is 27.9 Å². The summed E-state index contributed by atoms with van der Waals surface area (Å²) in [6, 6.07) is 1.36. The van der Waals surface area contributed by atoms with Crippen LogP contribution in [-0.2, 0) is 6.42 Å². The van der Waals surface area contributed by atoms with Gasteiger partial charge < -0.3 is 14.7 Å². The molecule has 0 aromatic carbocycles. The zero-order chi connectivity index (χ0) is 8.97. The number of carboxylic acid groups (broad SMARTS) is 1. The molecule has 0 amide bonds. The van der Waals surface area contributed by atoms with Gasteiger partial charge >= 0.3 is 5.97 Å². The lowest BCUT2D eigenvalue weighted by Gasteiger charge is -1.88. The Morgan fingerprint density at radius 1 is 1.67 bits per heavy atom. The predicted octanol–water partition coefficient (Wildman–Crippen LogP) is 0.298. The van der Waals surface area contributed by atoms with E-state index in [4.69, 9.17) is 10.2 Å². The molecular formula is C7H9NO4. The van der Waals surface area contributed by atoms with E-state index in [9.17, 15) is 4.79 Å². The van der Waals surface area contributed by atoms with E-state index < -0.39 is 5.97 Å². The number of hydrogen-bond donors (Lipinski definition) is 2. The SMILES string of the molecule is O=C(O)c1cc(CCCO)on1. The Balaban J connectivity index is 2.58. The van der Waals surface area contributed by atoms with Crippen molar-refractivity contribution < 1.29 is 19.5 Å². The molecule has 0 aliphatic heterocycles. The lowest BCUT2D eigenvalue weighted by atomic mass is 10.2. The average Bonchev–Trinajstić information content (AvgIpc) is 2.48. The first-order chi connectivity index (χ1) is 5.74. The van der Waals surface area contributed by atoms with E-state index in [1.54, 1.807) is 0 Å². The van der Waals surface area contributed by atoms with E-state index in [0.717, 1.165) is 0 Å². The molecule has 0 unspecified atom stereocenters. The van der Waals surface area contributed by atoms with Crippen LogP contribution in [0.2, 0.25) is 0 Å². The number of aliphatic hydroxyl groups is 1. The Hall–Kier alpha value is -1.36. The minimum atomic E-state index is -1.10. The number of rotatable bonds is 4. The molecule has 0 aliphatic carbocycles. The number of carbonyl (C=O) groups is 1. The first kappa shape index (κ1) is 8.73. The first-order valence-corrected chi connectivity index (χ1v) is 3.54. The molecular weight excluding hydrogens is 162 g/mol. The molecule has 1 rings (SSSR count). The predicted molar refractivity (Wildman–Crippen MR) is 38.9 cm³/mol. The maximum Gasteiger partial charge on any atom is 0.358 e. The summed E-state index contributed by atoms with van der Waals surface area (Å²) in [6.45, 7) is 0.0586. The van der Waals surface area contributed by atoms with Crippen LogP contribution in [0.4, 0.5) is 0 Å². The fourth-order valence-corrected chi connectivity index (χ4v) is 0.785. The lowest BCUT2D eigenvalue weighted by molar-refractivity contribution is 0.0685. The van der Waals surface area contributed by atoms with Gasteiger partial charge in [0.05, 0.1) is 0 Å². The van der Waals surface area contributed by atoms with Crippen LogP contribution in [0.25, 0.3) is 0 Å². The van der Waals surface area contributed by atoms with Crippen LogP contribution < -0.4 is 0 Å². The van der Waals surface area contributed by atoms with Crippen molar-refractivity contribution in [3.8, 4) is 0 Å². The van der Waals surface area contributed by atoms with Gasteiger partial charge in [-0.05, 0) is 6.42 Å². The topological polar surface area (TPSA) is 83.6 Å². The number of hydrogen-bond acceptors (Lipinski definition) is 4. The van der Waals surface area contributed by atoms with Gasteiger partial charge in [-0.3, -0.25) is 0 Å². The van der Waals surface area contributed by atoms with Crippen LogP contribution in [0.1, 0.15) is 22.7 Å². The maximum atomic E-state index is 10.3. The number of aromatic carboxylic acids is 1. The van der Waals surface area contributed by atoms with Crippen molar-refractivity contribution in [1.82, 2.24) is 5.16 Å². The molecule has 0 saturated carbocycles. The molecule has 12 heavy (non-hydrogen) atoms. The van der Waals surface area contributed by atoms with Gasteiger partial charge in [-0.2, -0.15) is 0 Å². The Labute approximate surface area is 68.6 Å². The summed E-state index contributed by atoms with van der Waals surface area (Å²) in [4.78, 5) is 10.3. The lowest BCUT2D eigenvalue weighted by Crippen LogP contribution is -1.94. The smallest absolute Gasteiger partial charge is 0.358 e. The minimum Gasteiger partial charge on any atom is -0.476 e. The number of nitrogens with zero attached hydrogens (tertiary/aromatic N) is 1. The summed E-state index contributed by atoms with van der Waals surface area (Å²) in [6.07, 6.45) is 1.06. The third-order valence-electron chi connectivity index (χ3n) is 1.36. The minimum absolute atomic E-state index is 0.0586. The molecule has 0 spiro atoms. The van der Waals surface area contributed by atoms with Gasteiger partial charge in [-0.15, -0.1) is 0 Å². The van der Waals surface area contributed by atoms with Crippen molar-refractivity contribution in [2.24, 2.45) is 0 Å². The van der Waals surface area contributed by atoms with Crippen molar-refractivity contribution >= 4 is 5.97 Å². The highest BCUT2D eigenvalue weighted by Gasteiger charge is 2.09. The fraction of sp³-hybridized carbons (Fsp3) is 0.429. The Kier molecular flexibility index (Phi) is 2.82. The monoisotopic (exact) mass is 171 g/mol. The summed E-state index contributed by atoms with van der Waals surface area (Å²) in [5.74, 6) is -0.615. The maximum absolute atomic E-state index is 10.3. The largest absolute Gasteiger partial charge is 0.476 e. The van der Waals surface area contributed by atoms with Crippen LogP contribution >= 0.6 is 0 Å². The van der Waals surface area contributed by atoms with Crippen LogP contribution in [0, 0.1) is 0 Å². The zero-order valence-corrected chi connectivity index (χ0v) is 6.36. The Bertz CT molecular complexity index is 268. The van der Waals surface area contributed by atoms with Gasteiger partial charge in [0.15, 0.2) is 5.69 Å². The molecule has 66 valence electrons. The molecule has 1 aromatic heterocycles. The molecule has 0 aliphatic rings. The van der Waals surface area contributed by atoms with Crippen molar-refractivity contribution in [2.75, 3.05) is 6.61 Å². The van der Waals surface area contributed by atoms with Gasteiger partial charge in [-0.1, -0.05) is 5.16 Å². The van der Waals surface area contributed by atoms with E-state index in [1.165, 1.54) is 6.07 Å². The Morgan fingerprint density at radius 3 is 2.92 bits per heavy atom. The third kappa shape index (κ3) is 2.06. The van der Waals surface area contributed by atoms with Crippen molar-refractivity contribution in [3.05, 3.63) is 17.5 Å². The molecule has 1 heterocycles. The second-order valence-corrected chi connectivity index (χ2v) is 2.31. The normalized spacial score (nSPS) is 10.1. The van der Waals surface area contributed by atoms with E-state index in [0.29, 0.717) is 18.6 Å². The van der Waals surface area contributed by atoms with Gasteiger partial charge in [0.1, 0.15) is 5.76 Å². The molecule has 0 atom stereocenters. The highest BCUT2D eigenvalue weighted by molar-refractivity contribution is 5.85. The highest BCUT2D eigenvalue weighted by atomic mass is 16.5. The summed E-state index contributed by atoms with van der Waals surface area (Å²) in [7, 11) is 0. The standard InChI is InChI=1S/C7H9NO4/c9-3-1-2-5-4-6(7(10)11)8-12-5/h4,9H,1-3H2,(H,10,11). The van der Waals surface area contributed by atoms with Gasteiger partial charge in [-0.25, -0.2) is 4.79 Å². The second kappa shape index (κ2) is 3.87. The van der Waals surface area contributed by atoms with Crippen molar-refractivity contribution in [1.29, 1.82) is 0 Å². The van der Waals surface area contributed by atoms with E-state index in [2.05, 4.69) is 9.68 Å². The number of aryl methyl sites for hydroxylation is 1. The summed E-state index contributed by atoms with van der Waals surface area (Å²) in [5.41, 5.74) is -0.0945. The molecule has 0 saturated heterocycles. The van der Waals surface area contributed by atoms with Crippen molar-refractivity contribution in [2.45, 2.75) is 12.8 Å². The van der Waals surface area contributed by atoms with E-state index in [-0.39, 0.29) is 12.3 Å².